The summed E-state index contributed by atoms with van der Waals surface area (Å²) in [7, 11) is 0. The minimum Gasteiger partial charge on any atom is -0.760 e. The van der Waals surface area contributed by atoms with Crippen molar-refractivity contribution in [3.63, 3.8) is 0 Å². The van der Waals surface area contributed by atoms with E-state index in [2.05, 4.69) is 10.0 Å². The van der Waals surface area contributed by atoms with Crippen LogP contribution < -0.4 is 10.0 Å². The van der Waals surface area contributed by atoms with Gasteiger partial charge in [-0.05, 0) is 31.8 Å². The van der Waals surface area contributed by atoms with E-state index >= 15 is 0 Å². The Morgan fingerprint density at radius 1 is 1.55 bits per heavy atom. The molecule has 5 heteroatoms. The number of rotatable bonds is 3. The molecule has 0 aromatic carbocycles. The van der Waals surface area contributed by atoms with Gasteiger partial charge in [0.05, 0.1) is 0 Å². The lowest BCUT2D eigenvalue weighted by atomic mass is 9.99. The smallest absolute Gasteiger partial charge is 0.0181 e. The van der Waals surface area contributed by atoms with Crippen molar-refractivity contribution in [3.05, 3.63) is 0 Å². The summed E-state index contributed by atoms with van der Waals surface area (Å²) in [4.78, 5) is 0. The largest absolute Gasteiger partial charge is 0.760 e. The lowest BCUT2D eigenvalue weighted by molar-refractivity contribution is 0.370. The summed E-state index contributed by atoms with van der Waals surface area (Å²) in [6.45, 7) is 2.62. The van der Waals surface area contributed by atoms with Gasteiger partial charge < -0.3 is 9.87 Å². The zero-order valence-electron chi connectivity index (χ0n) is 6.34. The molecule has 0 aliphatic carbocycles. The quantitative estimate of drug-likeness (QED) is 0.564. The van der Waals surface area contributed by atoms with Gasteiger partial charge in [0, 0.05) is 17.8 Å². The average molecular weight is 177 g/mol. The maximum Gasteiger partial charge on any atom is 0.0181 e. The summed E-state index contributed by atoms with van der Waals surface area (Å²) in [6, 6.07) is 0. The van der Waals surface area contributed by atoms with Crippen LogP contribution in [0.5, 0.6) is 0 Å². The highest BCUT2D eigenvalue weighted by atomic mass is 32.2. The van der Waals surface area contributed by atoms with Crippen molar-refractivity contribution >= 4 is 11.3 Å². The lowest BCUT2D eigenvalue weighted by Gasteiger charge is -2.23. The van der Waals surface area contributed by atoms with E-state index in [1.54, 1.807) is 0 Å². The Morgan fingerprint density at radius 3 is 2.73 bits per heavy atom. The maximum absolute atomic E-state index is 10.1. The first-order valence-electron chi connectivity index (χ1n) is 3.82. The number of nitrogens with one attached hydrogen (secondary N) is 2. The third-order valence-electron chi connectivity index (χ3n) is 1.95. The molecular formula is C6H13N2O2S-. The van der Waals surface area contributed by atoms with Crippen molar-refractivity contribution in [1.29, 1.82) is 0 Å². The van der Waals surface area contributed by atoms with E-state index in [1.807, 2.05) is 0 Å². The summed E-state index contributed by atoms with van der Waals surface area (Å²) >= 11 is -2.09. The lowest BCUT2D eigenvalue weighted by Crippen LogP contribution is -2.34. The molecule has 1 unspecified atom stereocenters. The van der Waals surface area contributed by atoms with E-state index in [9.17, 15) is 8.76 Å². The van der Waals surface area contributed by atoms with Gasteiger partial charge in [-0.2, -0.15) is 0 Å². The highest BCUT2D eigenvalue weighted by Crippen LogP contribution is 2.09. The van der Waals surface area contributed by atoms with Gasteiger partial charge in [-0.3, -0.25) is 4.21 Å². The van der Waals surface area contributed by atoms with Crippen LogP contribution in [0.25, 0.3) is 0 Å². The molecule has 0 aromatic rings. The van der Waals surface area contributed by atoms with E-state index in [4.69, 9.17) is 0 Å². The zero-order valence-corrected chi connectivity index (χ0v) is 7.15. The Hall–Kier alpha value is 0.0300. The zero-order chi connectivity index (χ0) is 8.10. The third kappa shape index (κ3) is 3.81. The number of hydrogen-bond acceptors (Lipinski definition) is 3. The second-order valence-electron chi connectivity index (χ2n) is 2.78. The van der Waals surface area contributed by atoms with E-state index in [0.29, 0.717) is 12.5 Å². The highest BCUT2D eigenvalue weighted by molar-refractivity contribution is 7.77. The average Bonchev–Trinajstić information content (AvgIpc) is 2.03. The van der Waals surface area contributed by atoms with Gasteiger partial charge in [0.2, 0.25) is 0 Å². The molecule has 0 saturated carbocycles. The topological polar surface area (TPSA) is 64.2 Å². The molecular weight excluding hydrogens is 164 g/mol. The van der Waals surface area contributed by atoms with E-state index in [1.165, 1.54) is 0 Å². The summed E-state index contributed by atoms with van der Waals surface area (Å²) < 4.78 is 22.6. The van der Waals surface area contributed by atoms with Crippen molar-refractivity contribution in [1.82, 2.24) is 10.0 Å². The predicted octanol–water partition coefficient (Wildman–Crippen LogP) is -0.630. The second kappa shape index (κ2) is 4.82. The molecule has 11 heavy (non-hydrogen) atoms. The summed E-state index contributed by atoms with van der Waals surface area (Å²) in [5.74, 6) is 0.522. The fraction of sp³-hybridized carbons (Fsp3) is 1.00. The first kappa shape index (κ1) is 9.12. The van der Waals surface area contributed by atoms with E-state index < -0.39 is 11.3 Å². The van der Waals surface area contributed by atoms with Crippen LogP contribution in [-0.4, -0.2) is 28.4 Å². The predicted molar refractivity (Wildman–Crippen MR) is 42.5 cm³/mol. The molecule has 1 saturated heterocycles. The first-order valence-corrected chi connectivity index (χ1v) is 4.90. The first-order chi connectivity index (χ1) is 5.29. The molecule has 0 radical (unpaired) electrons. The van der Waals surface area contributed by atoms with Crippen LogP contribution in [0.4, 0.5) is 0 Å². The Bertz CT molecular complexity index is 137. The van der Waals surface area contributed by atoms with Crippen LogP contribution in [0.2, 0.25) is 0 Å². The fourth-order valence-corrected chi connectivity index (χ4v) is 1.64. The molecule has 1 heterocycles. The SMILES string of the molecule is O=S([O-])NCC1CCNCC1. The van der Waals surface area contributed by atoms with Crippen LogP contribution in [0.3, 0.4) is 0 Å². The molecule has 4 nitrogen and oxygen atoms in total. The second-order valence-corrected chi connectivity index (χ2v) is 3.53. The molecule has 0 bridgehead atoms. The molecule has 0 aromatic heterocycles. The molecule has 0 amide bonds. The van der Waals surface area contributed by atoms with Gasteiger partial charge in [0.25, 0.3) is 0 Å². The Labute approximate surface area is 69.2 Å². The van der Waals surface area contributed by atoms with Gasteiger partial charge in [-0.25, -0.2) is 4.72 Å². The van der Waals surface area contributed by atoms with Gasteiger partial charge in [-0.15, -0.1) is 0 Å². The highest BCUT2D eigenvalue weighted by Gasteiger charge is 2.11. The van der Waals surface area contributed by atoms with E-state index in [0.717, 1.165) is 25.9 Å². The standard InChI is InChI=1S/C6H14N2O2S/c9-11(10)8-5-6-1-3-7-4-2-6/h6-8H,1-5H2,(H,9,10)/p-1. The van der Waals surface area contributed by atoms with Gasteiger partial charge in [0.1, 0.15) is 0 Å². The molecule has 1 rings (SSSR count). The normalized spacial score (nSPS) is 23.4. The van der Waals surface area contributed by atoms with Crippen LogP contribution in [0, 0.1) is 5.92 Å². The Morgan fingerprint density at radius 2 is 2.18 bits per heavy atom. The molecule has 1 atom stereocenters. The molecule has 1 aliphatic heterocycles. The Balaban J connectivity index is 2.09. The maximum atomic E-state index is 10.1. The fourth-order valence-electron chi connectivity index (χ4n) is 1.27. The van der Waals surface area contributed by atoms with Gasteiger partial charge in [-0.1, -0.05) is 0 Å². The molecule has 1 fully saturated rings. The minimum absolute atomic E-state index is 0.522. The molecule has 66 valence electrons. The van der Waals surface area contributed by atoms with Crippen molar-refractivity contribution in [2.75, 3.05) is 19.6 Å². The molecule has 1 aliphatic rings. The summed E-state index contributed by atoms with van der Waals surface area (Å²) in [5, 5.41) is 3.22. The summed E-state index contributed by atoms with van der Waals surface area (Å²) in [5.41, 5.74) is 0. The third-order valence-corrected chi connectivity index (χ3v) is 2.35. The van der Waals surface area contributed by atoms with Crippen molar-refractivity contribution in [3.8, 4) is 0 Å². The van der Waals surface area contributed by atoms with Crippen LogP contribution >= 0.6 is 0 Å². The number of piperidine rings is 1. The van der Waals surface area contributed by atoms with E-state index in [-0.39, 0.29) is 0 Å². The Kier molecular flexibility index (Phi) is 3.99. The minimum atomic E-state index is -2.09. The van der Waals surface area contributed by atoms with Crippen LogP contribution in [0.15, 0.2) is 0 Å². The molecule has 2 N–H and O–H groups in total. The summed E-state index contributed by atoms with van der Waals surface area (Å²) in [6.07, 6.45) is 2.15. The van der Waals surface area contributed by atoms with Crippen molar-refractivity contribution < 1.29 is 8.76 Å². The van der Waals surface area contributed by atoms with Gasteiger partial charge >= 0.3 is 0 Å². The van der Waals surface area contributed by atoms with Crippen molar-refractivity contribution in [2.24, 2.45) is 5.92 Å². The van der Waals surface area contributed by atoms with Gasteiger partial charge in [0.15, 0.2) is 0 Å². The number of hydrogen-bond donors (Lipinski definition) is 2. The van der Waals surface area contributed by atoms with Crippen molar-refractivity contribution in [2.45, 2.75) is 12.8 Å². The van der Waals surface area contributed by atoms with Crippen LogP contribution in [0.1, 0.15) is 12.8 Å². The molecule has 0 spiro atoms. The van der Waals surface area contributed by atoms with Crippen LogP contribution in [-0.2, 0) is 11.3 Å². The monoisotopic (exact) mass is 177 g/mol.